The number of carbonyl (C=O) groups excluding carboxylic acids is 1. The van der Waals surface area contributed by atoms with Gasteiger partial charge in [0.2, 0.25) is 5.91 Å². The average Bonchev–Trinajstić information content (AvgIpc) is 2.34. The molecule has 0 saturated carbocycles. The molecule has 0 saturated heterocycles. The number of amides is 1. The highest BCUT2D eigenvalue weighted by molar-refractivity contribution is 7.99. The van der Waals surface area contributed by atoms with Crippen LogP contribution in [0.15, 0.2) is 18.2 Å². The number of nitrogens with one attached hydrogen (secondary N) is 1. The van der Waals surface area contributed by atoms with E-state index in [0.29, 0.717) is 0 Å². The van der Waals surface area contributed by atoms with E-state index in [1.165, 1.54) is 5.56 Å². The number of thioether (sulfide) groups is 1. The standard InChI is InChI=1S/C16H25NO2S/c1-11-7-8-14(19-6)13(9-11)10-20-12(2)15(18)17-16(3,4)5/h7-9,12H,10H2,1-6H3,(H,17,18)/t12-/m0/s1. The summed E-state index contributed by atoms with van der Waals surface area (Å²) in [4.78, 5) is 12.0. The lowest BCUT2D eigenvalue weighted by Crippen LogP contribution is -2.44. The zero-order valence-electron chi connectivity index (χ0n) is 13.2. The van der Waals surface area contributed by atoms with E-state index in [1.54, 1.807) is 18.9 Å². The SMILES string of the molecule is COc1ccc(C)cc1CS[C@@H](C)C(=O)NC(C)(C)C. The van der Waals surface area contributed by atoms with Gasteiger partial charge in [-0.1, -0.05) is 17.7 Å². The fourth-order valence-electron chi connectivity index (χ4n) is 1.78. The molecule has 0 radical (unpaired) electrons. The Morgan fingerprint density at radius 1 is 1.40 bits per heavy atom. The summed E-state index contributed by atoms with van der Waals surface area (Å²) in [6, 6.07) is 6.12. The van der Waals surface area contributed by atoms with Gasteiger partial charge in [0.15, 0.2) is 0 Å². The highest BCUT2D eigenvalue weighted by Crippen LogP contribution is 2.26. The van der Waals surface area contributed by atoms with Crippen LogP contribution in [0.3, 0.4) is 0 Å². The molecule has 112 valence electrons. The molecule has 1 rings (SSSR count). The van der Waals surface area contributed by atoms with Gasteiger partial charge in [0, 0.05) is 16.9 Å². The number of aryl methyl sites for hydroxylation is 1. The van der Waals surface area contributed by atoms with E-state index in [0.717, 1.165) is 17.1 Å². The maximum absolute atomic E-state index is 12.0. The monoisotopic (exact) mass is 295 g/mol. The minimum atomic E-state index is -0.188. The predicted molar refractivity (Wildman–Crippen MR) is 86.4 cm³/mol. The summed E-state index contributed by atoms with van der Waals surface area (Å²) < 4.78 is 5.36. The summed E-state index contributed by atoms with van der Waals surface area (Å²) in [7, 11) is 1.68. The predicted octanol–water partition coefficient (Wildman–Crippen LogP) is 3.54. The van der Waals surface area contributed by atoms with Crippen molar-refractivity contribution >= 4 is 17.7 Å². The van der Waals surface area contributed by atoms with Crippen molar-refractivity contribution in [2.45, 2.75) is 51.2 Å². The van der Waals surface area contributed by atoms with E-state index >= 15 is 0 Å². The Labute approximate surface area is 126 Å². The van der Waals surface area contributed by atoms with Crippen LogP contribution in [0.25, 0.3) is 0 Å². The van der Waals surface area contributed by atoms with Crippen molar-refractivity contribution in [3.63, 3.8) is 0 Å². The van der Waals surface area contributed by atoms with Gasteiger partial charge in [-0.25, -0.2) is 0 Å². The van der Waals surface area contributed by atoms with E-state index in [9.17, 15) is 4.79 Å². The lowest BCUT2D eigenvalue weighted by atomic mass is 10.1. The van der Waals surface area contributed by atoms with Gasteiger partial charge in [-0.05, 0) is 40.7 Å². The summed E-state index contributed by atoms with van der Waals surface area (Å²) in [6.45, 7) is 9.97. The molecule has 1 N–H and O–H groups in total. The zero-order valence-corrected chi connectivity index (χ0v) is 14.1. The molecule has 0 unspecified atom stereocenters. The molecule has 0 heterocycles. The molecule has 0 bridgehead atoms. The summed E-state index contributed by atoms with van der Waals surface area (Å²) in [5.74, 6) is 1.73. The Bertz CT molecular complexity index is 466. The van der Waals surface area contributed by atoms with Crippen LogP contribution in [0.4, 0.5) is 0 Å². The van der Waals surface area contributed by atoms with E-state index < -0.39 is 0 Å². The molecule has 3 nitrogen and oxygen atoms in total. The van der Waals surface area contributed by atoms with Crippen LogP contribution in [0.1, 0.15) is 38.8 Å². The first kappa shape index (κ1) is 16.9. The number of carbonyl (C=O) groups is 1. The number of ether oxygens (including phenoxy) is 1. The third-order valence-electron chi connectivity index (χ3n) is 2.79. The van der Waals surface area contributed by atoms with Gasteiger partial charge in [-0.2, -0.15) is 0 Å². The number of methoxy groups -OCH3 is 1. The Kier molecular flexibility index (Phi) is 5.93. The van der Waals surface area contributed by atoms with Crippen LogP contribution in [-0.4, -0.2) is 23.8 Å². The highest BCUT2D eigenvalue weighted by Gasteiger charge is 2.19. The lowest BCUT2D eigenvalue weighted by molar-refractivity contribution is -0.121. The van der Waals surface area contributed by atoms with Crippen molar-refractivity contribution in [2.24, 2.45) is 0 Å². The molecule has 0 fully saturated rings. The van der Waals surface area contributed by atoms with E-state index in [2.05, 4.69) is 18.3 Å². The molecular weight excluding hydrogens is 270 g/mol. The van der Waals surface area contributed by atoms with Crippen molar-refractivity contribution in [1.82, 2.24) is 5.32 Å². The number of rotatable bonds is 5. The first-order chi connectivity index (χ1) is 9.23. The van der Waals surface area contributed by atoms with Crippen LogP contribution < -0.4 is 10.1 Å². The van der Waals surface area contributed by atoms with Crippen molar-refractivity contribution in [2.75, 3.05) is 7.11 Å². The van der Waals surface area contributed by atoms with Crippen LogP contribution in [0, 0.1) is 6.92 Å². The molecule has 0 spiro atoms. The van der Waals surface area contributed by atoms with Crippen molar-refractivity contribution in [1.29, 1.82) is 0 Å². The Morgan fingerprint density at radius 3 is 2.60 bits per heavy atom. The summed E-state index contributed by atoms with van der Waals surface area (Å²) in [5, 5.41) is 2.92. The summed E-state index contributed by atoms with van der Waals surface area (Å²) in [5.41, 5.74) is 2.15. The van der Waals surface area contributed by atoms with Gasteiger partial charge in [0.05, 0.1) is 12.4 Å². The Hall–Kier alpha value is -1.16. The number of hydrogen-bond donors (Lipinski definition) is 1. The van der Waals surface area contributed by atoms with E-state index in [1.807, 2.05) is 39.8 Å². The van der Waals surface area contributed by atoms with Crippen molar-refractivity contribution in [3.05, 3.63) is 29.3 Å². The van der Waals surface area contributed by atoms with Crippen LogP contribution >= 0.6 is 11.8 Å². The molecule has 1 amide bonds. The second-order valence-corrected chi connectivity index (χ2v) is 7.34. The Morgan fingerprint density at radius 2 is 2.05 bits per heavy atom. The highest BCUT2D eigenvalue weighted by atomic mass is 32.2. The molecule has 1 atom stereocenters. The Balaban J connectivity index is 2.63. The number of hydrogen-bond acceptors (Lipinski definition) is 3. The van der Waals surface area contributed by atoms with Crippen LogP contribution in [0.5, 0.6) is 5.75 Å². The van der Waals surface area contributed by atoms with Crippen molar-refractivity contribution in [3.8, 4) is 5.75 Å². The van der Waals surface area contributed by atoms with Crippen LogP contribution in [0.2, 0.25) is 0 Å². The first-order valence-corrected chi connectivity index (χ1v) is 7.85. The maximum atomic E-state index is 12.0. The molecule has 0 aliphatic rings. The molecule has 20 heavy (non-hydrogen) atoms. The fourth-order valence-corrected chi connectivity index (χ4v) is 2.65. The van der Waals surface area contributed by atoms with Gasteiger partial charge >= 0.3 is 0 Å². The van der Waals surface area contributed by atoms with E-state index in [-0.39, 0.29) is 16.7 Å². The second-order valence-electron chi connectivity index (χ2n) is 6.01. The van der Waals surface area contributed by atoms with Crippen LogP contribution in [-0.2, 0) is 10.5 Å². The van der Waals surface area contributed by atoms with Crippen molar-refractivity contribution < 1.29 is 9.53 Å². The maximum Gasteiger partial charge on any atom is 0.233 e. The topological polar surface area (TPSA) is 38.3 Å². The van der Waals surface area contributed by atoms with Gasteiger partial charge in [-0.15, -0.1) is 11.8 Å². The normalized spacial score (nSPS) is 12.9. The third-order valence-corrected chi connectivity index (χ3v) is 3.98. The minimum absolute atomic E-state index is 0.0779. The molecule has 0 aliphatic heterocycles. The largest absolute Gasteiger partial charge is 0.496 e. The molecule has 1 aromatic rings. The molecule has 0 aromatic heterocycles. The van der Waals surface area contributed by atoms with Gasteiger partial charge in [0.25, 0.3) is 0 Å². The first-order valence-electron chi connectivity index (χ1n) is 6.80. The number of benzene rings is 1. The minimum Gasteiger partial charge on any atom is -0.496 e. The average molecular weight is 295 g/mol. The third kappa shape index (κ3) is 5.45. The van der Waals surface area contributed by atoms with Gasteiger partial charge in [0.1, 0.15) is 5.75 Å². The molecule has 0 aliphatic carbocycles. The lowest BCUT2D eigenvalue weighted by Gasteiger charge is -2.23. The summed E-state index contributed by atoms with van der Waals surface area (Å²) in [6.07, 6.45) is 0. The molecule has 1 aromatic carbocycles. The summed E-state index contributed by atoms with van der Waals surface area (Å²) >= 11 is 1.62. The smallest absolute Gasteiger partial charge is 0.233 e. The zero-order chi connectivity index (χ0) is 15.3. The van der Waals surface area contributed by atoms with Gasteiger partial charge in [-0.3, -0.25) is 4.79 Å². The van der Waals surface area contributed by atoms with Gasteiger partial charge < -0.3 is 10.1 Å². The van der Waals surface area contributed by atoms with E-state index in [4.69, 9.17) is 4.74 Å². The fraction of sp³-hybridized carbons (Fsp3) is 0.562. The quantitative estimate of drug-likeness (QED) is 0.903. The molecule has 4 heteroatoms. The second kappa shape index (κ2) is 7.02. The molecular formula is C16H25NO2S.